The number of halogens is 3. The fourth-order valence-corrected chi connectivity index (χ4v) is 1.08. The second-order valence-electron chi connectivity index (χ2n) is 2.68. The van der Waals surface area contributed by atoms with Crippen molar-refractivity contribution in [2.75, 3.05) is 5.88 Å². The minimum absolute atomic E-state index is 0.102. The maximum Gasteiger partial charge on any atom is 0.200 e. The summed E-state index contributed by atoms with van der Waals surface area (Å²) in [6, 6.07) is 2.41. The molecule has 0 bridgehead atoms. The molecule has 0 aliphatic carbocycles. The molecule has 0 radical (unpaired) electrons. The van der Waals surface area contributed by atoms with E-state index >= 15 is 0 Å². The van der Waals surface area contributed by atoms with Crippen LogP contribution in [0.1, 0.15) is 12.0 Å². The lowest BCUT2D eigenvalue weighted by Crippen LogP contribution is -1.88. The van der Waals surface area contributed by atoms with Gasteiger partial charge in [0.15, 0.2) is 11.6 Å². The van der Waals surface area contributed by atoms with E-state index in [0.29, 0.717) is 12.3 Å². The van der Waals surface area contributed by atoms with Crippen LogP contribution in [0.2, 0.25) is 0 Å². The summed E-state index contributed by atoms with van der Waals surface area (Å²) in [5.74, 6) is -2.52. The summed E-state index contributed by atoms with van der Waals surface area (Å²) in [4.78, 5) is 0. The Morgan fingerprint density at radius 1 is 1.29 bits per heavy atom. The first kappa shape index (κ1) is 11.0. The Bertz CT molecular complexity index is 350. The Morgan fingerprint density at radius 2 is 2.00 bits per heavy atom. The number of aromatic hydroxyl groups is 1. The van der Waals surface area contributed by atoms with Gasteiger partial charge >= 0.3 is 0 Å². The molecular formula is C10H9ClF2O. The average molecular weight is 219 g/mol. The standard InChI is InChI=1S/C10H9ClF2O/c11-6-2-1-3-7-4-5-8(14)10(13)9(7)12/h1,3-5,14H,2,6H2. The maximum atomic E-state index is 13.1. The Balaban J connectivity index is 2.94. The molecule has 0 aliphatic rings. The second kappa shape index (κ2) is 4.96. The Hall–Kier alpha value is -1.09. The van der Waals surface area contributed by atoms with Crippen molar-refractivity contribution < 1.29 is 13.9 Å². The monoisotopic (exact) mass is 218 g/mol. The average Bonchev–Trinajstić information content (AvgIpc) is 2.18. The molecule has 1 aromatic rings. The summed E-state index contributed by atoms with van der Waals surface area (Å²) in [5, 5.41) is 8.84. The number of phenols is 1. The SMILES string of the molecule is Oc1ccc(C=CCCCl)c(F)c1F. The molecule has 1 nitrogen and oxygen atoms in total. The third-order valence-electron chi connectivity index (χ3n) is 1.66. The van der Waals surface area contributed by atoms with Crippen molar-refractivity contribution in [3.8, 4) is 5.75 Å². The van der Waals surface area contributed by atoms with Gasteiger partial charge in [0.1, 0.15) is 0 Å². The van der Waals surface area contributed by atoms with E-state index in [0.717, 1.165) is 6.07 Å². The molecule has 0 spiro atoms. The van der Waals surface area contributed by atoms with Gasteiger partial charge in [0, 0.05) is 11.4 Å². The van der Waals surface area contributed by atoms with Crippen LogP contribution < -0.4 is 0 Å². The van der Waals surface area contributed by atoms with Crippen molar-refractivity contribution >= 4 is 17.7 Å². The van der Waals surface area contributed by atoms with Gasteiger partial charge in [0.25, 0.3) is 0 Å². The molecule has 1 N–H and O–H groups in total. The minimum Gasteiger partial charge on any atom is -0.505 e. The Labute approximate surface area is 85.6 Å². The van der Waals surface area contributed by atoms with Crippen LogP contribution >= 0.6 is 11.6 Å². The summed E-state index contributed by atoms with van der Waals surface area (Å²) in [6.45, 7) is 0. The van der Waals surface area contributed by atoms with Crippen molar-refractivity contribution in [2.45, 2.75) is 6.42 Å². The summed E-state index contributed by atoms with van der Waals surface area (Å²) in [6.07, 6.45) is 3.66. The first-order valence-corrected chi connectivity index (χ1v) is 4.59. The highest BCUT2D eigenvalue weighted by Gasteiger charge is 2.10. The van der Waals surface area contributed by atoms with Crippen LogP contribution in [0.4, 0.5) is 8.78 Å². The van der Waals surface area contributed by atoms with Crippen LogP contribution in [0.5, 0.6) is 5.75 Å². The van der Waals surface area contributed by atoms with E-state index in [1.165, 1.54) is 12.1 Å². The van der Waals surface area contributed by atoms with Crippen molar-refractivity contribution in [2.24, 2.45) is 0 Å². The topological polar surface area (TPSA) is 20.2 Å². The number of allylic oxidation sites excluding steroid dienone is 1. The fraction of sp³-hybridized carbons (Fsp3) is 0.200. The minimum atomic E-state index is -1.22. The summed E-state index contributed by atoms with van der Waals surface area (Å²) in [5.41, 5.74) is 0.102. The lowest BCUT2D eigenvalue weighted by Gasteiger charge is -2.00. The van der Waals surface area contributed by atoms with E-state index in [2.05, 4.69) is 0 Å². The molecule has 1 rings (SSSR count). The predicted octanol–water partition coefficient (Wildman–Crippen LogP) is 3.31. The van der Waals surface area contributed by atoms with E-state index in [1.54, 1.807) is 6.08 Å². The molecule has 0 unspecified atom stereocenters. The Kier molecular flexibility index (Phi) is 3.89. The van der Waals surface area contributed by atoms with E-state index in [1.807, 2.05) is 0 Å². The molecule has 0 amide bonds. The van der Waals surface area contributed by atoms with Crippen LogP contribution in [-0.4, -0.2) is 11.0 Å². The molecule has 0 atom stereocenters. The van der Waals surface area contributed by atoms with E-state index in [4.69, 9.17) is 16.7 Å². The molecule has 0 heterocycles. The molecule has 0 saturated carbocycles. The van der Waals surface area contributed by atoms with Gasteiger partial charge in [-0.05, 0) is 18.6 Å². The fourth-order valence-electron chi connectivity index (χ4n) is 0.956. The molecule has 14 heavy (non-hydrogen) atoms. The number of hydrogen-bond acceptors (Lipinski definition) is 1. The van der Waals surface area contributed by atoms with Crippen LogP contribution in [0, 0.1) is 11.6 Å². The summed E-state index contributed by atoms with van der Waals surface area (Å²) >= 11 is 5.40. The summed E-state index contributed by atoms with van der Waals surface area (Å²) in [7, 11) is 0. The molecule has 0 aliphatic heterocycles. The Morgan fingerprint density at radius 3 is 2.64 bits per heavy atom. The quantitative estimate of drug-likeness (QED) is 0.772. The number of hydrogen-bond donors (Lipinski definition) is 1. The highest BCUT2D eigenvalue weighted by Crippen LogP contribution is 2.22. The van der Waals surface area contributed by atoms with Gasteiger partial charge in [-0.15, -0.1) is 11.6 Å². The lowest BCUT2D eigenvalue weighted by molar-refractivity contribution is 0.406. The van der Waals surface area contributed by atoms with Gasteiger partial charge in [0.2, 0.25) is 5.82 Å². The maximum absolute atomic E-state index is 13.1. The summed E-state index contributed by atoms with van der Waals surface area (Å²) < 4.78 is 25.9. The van der Waals surface area contributed by atoms with Gasteiger partial charge in [-0.2, -0.15) is 4.39 Å². The highest BCUT2D eigenvalue weighted by molar-refractivity contribution is 6.17. The van der Waals surface area contributed by atoms with Gasteiger partial charge in [-0.3, -0.25) is 0 Å². The van der Waals surface area contributed by atoms with Gasteiger partial charge in [-0.1, -0.05) is 12.2 Å². The van der Waals surface area contributed by atoms with Crippen LogP contribution in [0.25, 0.3) is 6.08 Å². The smallest absolute Gasteiger partial charge is 0.200 e. The lowest BCUT2D eigenvalue weighted by atomic mass is 10.1. The van der Waals surface area contributed by atoms with Gasteiger partial charge in [0.05, 0.1) is 0 Å². The van der Waals surface area contributed by atoms with Crippen LogP contribution in [-0.2, 0) is 0 Å². The van der Waals surface area contributed by atoms with Crippen molar-refractivity contribution in [1.82, 2.24) is 0 Å². The van der Waals surface area contributed by atoms with Crippen molar-refractivity contribution in [3.05, 3.63) is 35.4 Å². The molecule has 76 valence electrons. The van der Waals surface area contributed by atoms with Crippen molar-refractivity contribution in [1.29, 1.82) is 0 Å². The first-order chi connectivity index (χ1) is 6.66. The van der Waals surface area contributed by atoms with Crippen LogP contribution in [0.3, 0.4) is 0 Å². The number of rotatable bonds is 3. The number of alkyl halides is 1. The second-order valence-corrected chi connectivity index (χ2v) is 3.06. The zero-order chi connectivity index (χ0) is 10.6. The molecule has 1 aromatic carbocycles. The highest BCUT2D eigenvalue weighted by atomic mass is 35.5. The number of phenolic OH excluding ortho intramolecular Hbond substituents is 1. The van der Waals surface area contributed by atoms with E-state index < -0.39 is 17.4 Å². The predicted molar refractivity (Wildman–Crippen MR) is 52.4 cm³/mol. The third-order valence-corrected chi connectivity index (χ3v) is 1.88. The largest absolute Gasteiger partial charge is 0.505 e. The van der Waals surface area contributed by atoms with Gasteiger partial charge in [-0.25, -0.2) is 4.39 Å². The third kappa shape index (κ3) is 2.45. The zero-order valence-electron chi connectivity index (χ0n) is 7.30. The first-order valence-electron chi connectivity index (χ1n) is 4.06. The van der Waals surface area contributed by atoms with E-state index in [9.17, 15) is 8.78 Å². The van der Waals surface area contributed by atoms with Gasteiger partial charge < -0.3 is 5.11 Å². The van der Waals surface area contributed by atoms with E-state index in [-0.39, 0.29) is 5.56 Å². The molecule has 0 fully saturated rings. The zero-order valence-corrected chi connectivity index (χ0v) is 8.06. The normalized spacial score (nSPS) is 11.1. The van der Waals surface area contributed by atoms with Crippen molar-refractivity contribution in [3.63, 3.8) is 0 Å². The van der Waals surface area contributed by atoms with Crippen LogP contribution in [0.15, 0.2) is 18.2 Å². The number of benzene rings is 1. The molecule has 0 aromatic heterocycles. The molecule has 0 saturated heterocycles. The molecular weight excluding hydrogens is 210 g/mol. The molecule has 4 heteroatoms.